The van der Waals surface area contributed by atoms with E-state index in [0.29, 0.717) is 18.4 Å². The molecule has 0 aliphatic heterocycles. The van der Waals surface area contributed by atoms with E-state index in [4.69, 9.17) is 9.47 Å². The summed E-state index contributed by atoms with van der Waals surface area (Å²) in [5.41, 5.74) is -0.704. The van der Waals surface area contributed by atoms with Crippen LogP contribution in [0.15, 0.2) is 0 Å². The van der Waals surface area contributed by atoms with Gasteiger partial charge < -0.3 is 19.9 Å². The number of hydrogen-bond donors (Lipinski definition) is 2. The van der Waals surface area contributed by atoms with Crippen molar-refractivity contribution >= 4 is 17.8 Å². The molecule has 1 aliphatic rings. The minimum atomic E-state index is -1.17. The molecule has 0 heterocycles. The molecule has 0 unspecified atom stereocenters. The molecule has 144 valence electrons. The molecule has 0 radical (unpaired) electrons. The molecule has 7 heteroatoms. The molecule has 25 heavy (non-hydrogen) atoms. The van der Waals surface area contributed by atoms with Crippen LogP contribution in [0.5, 0.6) is 0 Å². The summed E-state index contributed by atoms with van der Waals surface area (Å²) in [4.78, 5) is 35.1. The topological polar surface area (TPSA) is 102 Å². The number of hydrogen-bond acceptors (Lipinski definition) is 5. The Labute approximate surface area is 149 Å². The predicted octanol–water partition coefficient (Wildman–Crippen LogP) is 2.91. The Morgan fingerprint density at radius 2 is 1.76 bits per heavy atom. The predicted molar refractivity (Wildman–Crippen MR) is 92.4 cm³/mol. The van der Waals surface area contributed by atoms with Gasteiger partial charge in [0.15, 0.2) is 0 Å². The summed E-state index contributed by atoms with van der Waals surface area (Å²) in [6.07, 6.45) is 4.03. The van der Waals surface area contributed by atoms with Crippen LogP contribution in [0.4, 0.5) is 4.79 Å². The summed E-state index contributed by atoms with van der Waals surface area (Å²) in [5, 5.41) is 11.5. The average molecular weight is 357 g/mol. The van der Waals surface area contributed by atoms with Crippen molar-refractivity contribution < 1.29 is 29.0 Å². The van der Waals surface area contributed by atoms with Crippen molar-refractivity contribution in [1.82, 2.24) is 5.32 Å². The van der Waals surface area contributed by atoms with Crippen molar-refractivity contribution in [3.8, 4) is 0 Å². The molecule has 0 aromatic rings. The lowest BCUT2D eigenvalue weighted by atomic mass is 9.83. The molecular weight excluding hydrogens is 326 g/mol. The van der Waals surface area contributed by atoms with E-state index in [2.05, 4.69) is 5.32 Å². The molecule has 1 fully saturated rings. The SMILES string of the molecule is COC1CCC(CC(=O)CC[C@@H](NC(=O)OC(C)(C)C)C(=O)O)CC1. The first-order chi connectivity index (χ1) is 11.6. The summed E-state index contributed by atoms with van der Waals surface area (Å²) < 4.78 is 10.4. The van der Waals surface area contributed by atoms with E-state index in [1.54, 1.807) is 27.9 Å². The number of carbonyl (C=O) groups is 3. The van der Waals surface area contributed by atoms with Crippen LogP contribution in [0, 0.1) is 5.92 Å². The fourth-order valence-electron chi connectivity index (χ4n) is 3.01. The highest BCUT2D eigenvalue weighted by Crippen LogP contribution is 2.28. The Balaban J connectivity index is 2.37. The molecule has 0 aromatic heterocycles. The van der Waals surface area contributed by atoms with Crippen molar-refractivity contribution in [2.45, 2.75) is 83.5 Å². The molecule has 0 saturated heterocycles. The van der Waals surface area contributed by atoms with Gasteiger partial charge in [-0.25, -0.2) is 9.59 Å². The van der Waals surface area contributed by atoms with Gasteiger partial charge in [-0.3, -0.25) is 4.79 Å². The van der Waals surface area contributed by atoms with Crippen LogP contribution in [0.2, 0.25) is 0 Å². The molecule has 0 spiro atoms. The lowest BCUT2D eigenvalue weighted by Gasteiger charge is -2.27. The Hall–Kier alpha value is -1.63. The molecule has 0 aromatic carbocycles. The number of Topliss-reactive ketones (excluding diaryl/α,β-unsaturated/α-hetero) is 1. The number of ketones is 1. The van der Waals surface area contributed by atoms with Gasteiger partial charge in [0.2, 0.25) is 0 Å². The van der Waals surface area contributed by atoms with Crippen molar-refractivity contribution in [3.63, 3.8) is 0 Å². The monoisotopic (exact) mass is 357 g/mol. The van der Waals surface area contributed by atoms with Crippen molar-refractivity contribution in [2.24, 2.45) is 5.92 Å². The van der Waals surface area contributed by atoms with E-state index in [1.807, 2.05) is 0 Å². The van der Waals surface area contributed by atoms with E-state index >= 15 is 0 Å². The number of rotatable bonds is 8. The van der Waals surface area contributed by atoms with Gasteiger partial charge in [-0.15, -0.1) is 0 Å². The summed E-state index contributed by atoms with van der Waals surface area (Å²) in [6, 6.07) is -1.12. The lowest BCUT2D eigenvalue weighted by Crippen LogP contribution is -2.43. The zero-order valence-corrected chi connectivity index (χ0v) is 15.7. The van der Waals surface area contributed by atoms with Crippen LogP contribution >= 0.6 is 0 Å². The van der Waals surface area contributed by atoms with Gasteiger partial charge in [0.1, 0.15) is 17.4 Å². The lowest BCUT2D eigenvalue weighted by molar-refractivity contribution is -0.139. The Bertz CT molecular complexity index is 463. The number of carboxylic acids is 1. The number of nitrogens with one attached hydrogen (secondary N) is 1. The number of carbonyl (C=O) groups excluding carboxylic acids is 2. The molecule has 0 bridgehead atoms. The van der Waals surface area contributed by atoms with Gasteiger partial charge in [0, 0.05) is 20.0 Å². The summed E-state index contributed by atoms with van der Waals surface area (Å²) in [5.74, 6) is -0.779. The quantitative estimate of drug-likeness (QED) is 0.692. The van der Waals surface area contributed by atoms with Crippen molar-refractivity contribution in [1.29, 1.82) is 0 Å². The average Bonchev–Trinajstić information content (AvgIpc) is 2.50. The van der Waals surface area contributed by atoms with E-state index in [1.165, 1.54) is 0 Å². The van der Waals surface area contributed by atoms with Crippen LogP contribution in [0.25, 0.3) is 0 Å². The second kappa shape index (κ2) is 9.75. The second-order valence-corrected chi connectivity index (χ2v) is 7.70. The first kappa shape index (κ1) is 21.4. The van der Waals surface area contributed by atoms with Crippen LogP contribution in [-0.2, 0) is 19.1 Å². The van der Waals surface area contributed by atoms with Crippen LogP contribution in [-0.4, -0.2) is 47.8 Å². The highest BCUT2D eigenvalue weighted by atomic mass is 16.6. The van der Waals surface area contributed by atoms with Crippen LogP contribution in [0.3, 0.4) is 0 Å². The first-order valence-electron chi connectivity index (χ1n) is 8.87. The molecule has 1 atom stereocenters. The third-order valence-electron chi connectivity index (χ3n) is 4.34. The number of alkyl carbamates (subject to hydrolysis) is 1. The van der Waals surface area contributed by atoms with E-state index in [-0.39, 0.29) is 18.6 Å². The minimum Gasteiger partial charge on any atom is -0.480 e. The van der Waals surface area contributed by atoms with E-state index in [9.17, 15) is 19.5 Å². The Morgan fingerprint density at radius 1 is 1.16 bits per heavy atom. The van der Waals surface area contributed by atoms with Gasteiger partial charge in [-0.05, 0) is 58.8 Å². The fraction of sp³-hybridized carbons (Fsp3) is 0.833. The normalized spacial score (nSPS) is 22.1. The second-order valence-electron chi connectivity index (χ2n) is 7.70. The molecular formula is C18H31NO6. The van der Waals surface area contributed by atoms with E-state index in [0.717, 1.165) is 25.7 Å². The number of aliphatic carboxylic acids is 1. The summed E-state index contributed by atoms with van der Waals surface area (Å²) in [6.45, 7) is 5.10. The van der Waals surface area contributed by atoms with Gasteiger partial charge >= 0.3 is 12.1 Å². The molecule has 1 aliphatic carbocycles. The maximum atomic E-state index is 12.1. The zero-order chi connectivity index (χ0) is 19.0. The van der Waals surface area contributed by atoms with Crippen LogP contribution in [0.1, 0.15) is 65.7 Å². The first-order valence-corrected chi connectivity index (χ1v) is 8.87. The standard InChI is InChI=1S/C18H31NO6/c1-18(2,3)25-17(23)19-15(16(21)22)10-7-13(20)11-12-5-8-14(24-4)9-6-12/h12,14-15H,5-11H2,1-4H3,(H,19,23)(H,21,22)/t12?,14?,15-/m1/s1. The molecule has 7 nitrogen and oxygen atoms in total. The summed E-state index contributed by atoms with van der Waals surface area (Å²) >= 11 is 0. The third kappa shape index (κ3) is 8.86. The maximum Gasteiger partial charge on any atom is 0.408 e. The smallest absolute Gasteiger partial charge is 0.408 e. The fourth-order valence-corrected chi connectivity index (χ4v) is 3.01. The van der Waals surface area contributed by atoms with Gasteiger partial charge in [-0.1, -0.05) is 0 Å². The number of carboxylic acid groups (broad SMARTS) is 1. The molecule has 1 amide bonds. The van der Waals surface area contributed by atoms with Gasteiger partial charge in [0.05, 0.1) is 6.10 Å². The highest BCUT2D eigenvalue weighted by molar-refractivity contribution is 5.82. The van der Waals surface area contributed by atoms with Gasteiger partial charge in [-0.2, -0.15) is 0 Å². The Kier molecular flexibility index (Phi) is 8.35. The maximum absolute atomic E-state index is 12.1. The van der Waals surface area contributed by atoms with Gasteiger partial charge in [0.25, 0.3) is 0 Å². The van der Waals surface area contributed by atoms with Crippen LogP contribution < -0.4 is 5.32 Å². The zero-order valence-electron chi connectivity index (χ0n) is 15.7. The largest absolute Gasteiger partial charge is 0.480 e. The number of methoxy groups -OCH3 is 1. The minimum absolute atomic E-state index is 0.0399. The third-order valence-corrected chi connectivity index (χ3v) is 4.34. The Morgan fingerprint density at radius 3 is 2.24 bits per heavy atom. The number of ether oxygens (including phenoxy) is 2. The van der Waals surface area contributed by atoms with E-state index < -0.39 is 23.7 Å². The van der Waals surface area contributed by atoms with Crippen molar-refractivity contribution in [2.75, 3.05) is 7.11 Å². The van der Waals surface area contributed by atoms with Crippen molar-refractivity contribution in [3.05, 3.63) is 0 Å². The molecule has 1 rings (SSSR count). The molecule has 1 saturated carbocycles. The molecule has 2 N–H and O–H groups in total. The highest BCUT2D eigenvalue weighted by Gasteiger charge is 2.26. The summed E-state index contributed by atoms with van der Waals surface area (Å²) in [7, 11) is 1.71. The number of amides is 1.